The zero-order valence-corrected chi connectivity index (χ0v) is 21.1. The number of aromatic nitrogens is 1. The molecule has 1 atom stereocenters. The maximum absolute atomic E-state index is 13.2. The van der Waals surface area contributed by atoms with Crippen LogP contribution in [0.15, 0.2) is 102 Å². The molecule has 1 heterocycles. The summed E-state index contributed by atoms with van der Waals surface area (Å²) in [5.41, 5.74) is 5.52. The van der Waals surface area contributed by atoms with Crippen LogP contribution in [0.4, 0.5) is 5.69 Å². The highest BCUT2D eigenvalue weighted by Crippen LogP contribution is 2.20. The van der Waals surface area contributed by atoms with Gasteiger partial charge in [-0.2, -0.15) is 0 Å². The van der Waals surface area contributed by atoms with Gasteiger partial charge in [-0.15, -0.1) is 0 Å². The van der Waals surface area contributed by atoms with Gasteiger partial charge in [0.1, 0.15) is 6.04 Å². The van der Waals surface area contributed by atoms with Gasteiger partial charge in [-0.25, -0.2) is 5.48 Å². The van der Waals surface area contributed by atoms with E-state index in [0.717, 1.165) is 16.7 Å². The lowest BCUT2D eigenvalue weighted by Gasteiger charge is -2.19. The summed E-state index contributed by atoms with van der Waals surface area (Å²) >= 11 is 3.30. The summed E-state index contributed by atoms with van der Waals surface area (Å²) in [6.45, 7) is 0. The molecular weight excluding hydrogens is 536 g/mol. The van der Waals surface area contributed by atoms with Gasteiger partial charge in [0.2, 0.25) is 5.91 Å². The van der Waals surface area contributed by atoms with Crippen molar-refractivity contribution >= 4 is 39.3 Å². The van der Waals surface area contributed by atoms with Gasteiger partial charge in [-0.1, -0.05) is 54.6 Å². The Morgan fingerprint density at radius 1 is 0.811 bits per heavy atom. The monoisotopic (exact) mass is 558 g/mol. The van der Waals surface area contributed by atoms with Crippen LogP contribution >= 0.6 is 15.9 Å². The van der Waals surface area contributed by atoms with Crippen molar-refractivity contribution < 1.29 is 19.6 Å². The minimum Gasteiger partial charge on any atom is -0.340 e. The largest absolute Gasteiger partial charge is 0.340 e. The first-order chi connectivity index (χ1) is 17.9. The Hall–Kier alpha value is -4.34. The maximum Gasteiger partial charge on any atom is 0.274 e. The normalized spacial score (nSPS) is 11.3. The summed E-state index contributed by atoms with van der Waals surface area (Å²) in [6, 6.07) is 24.5. The third kappa shape index (κ3) is 6.87. The summed E-state index contributed by atoms with van der Waals surface area (Å²) in [5.74, 6) is -1.53. The molecular formula is C28H23BrN4O4. The molecule has 0 radical (unpaired) electrons. The summed E-state index contributed by atoms with van der Waals surface area (Å²) < 4.78 is 0.643. The minimum absolute atomic E-state index is 0.228. The van der Waals surface area contributed by atoms with Crippen LogP contribution in [0.1, 0.15) is 26.3 Å². The standard InChI is InChI=1S/C28H23BrN4O4/c29-23-15-22(16-30-17-23)26(34)32-25(28(36)31-24-12-10-21(11-13-24)27(35)33-37)14-18-6-8-20(9-7-18)19-4-2-1-3-5-19/h1-13,15-17,25,37H,14H2,(H,31,36)(H,32,34)(H,33,35)/t25-/m0/s1. The Balaban J connectivity index is 1.53. The number of amides is 3. The number of hydroxylamine groups is 1. The van der Waals surface area contributed by atoms with Crippen molar-refractivity contribution in [2.75, 3.05) is 5.32 Å². The van der Waals surface area contributed by atoms with Crippen molar-refractivity contribution in [3.8, 4) is 11.1 Å². The SMILES string of the molecule is O=C(NO)c1ccc(NC(=O)[C@H](Cc2ccc(-c3ccccc3)cc2)NC(=O)c2cncc(Br)c2)cc1. The molecule has 8 nitrogen and oxygen atoms in total. The lowest BCUT2D eigenvalue weighted by atomic mass is 10.00. The first kappa shape index (κ1) is 25.7. The number of carbonyl (C=O) groups excluding carboxylic acids is 3. The van der Waals surface area contributed by atoms with E-state index in [1.54, 1.807) is 17.7 Å². The number of anilines is 1. The van der Waals surface area contributed by atoms with Crippen molar-refractivity contribution in [2.24, 2.45) is 0 Å². The highest BCUT2D eigenvalue weighted by atomic mass is 79.9. The van der Waals surface area contributed by atoms with Crippen LogP contribution in [0.3, 0.4) is 0 Å². The van der Waals surface area contributed by atoms with Crippen LogP contribution in [0.2, 0.25) is 0 Å². The van der Waals surface area contributed by atoms with E-state index in [1.165, 1.54) is 30.5 Å². The lowest BCUT2D eigenvalue weighted by Crippen LogP contribution is -2.45. The lowest BCUT2D eigenvalue weighted by molar-refractivity contribution is -0.118. The average Bonchev–Trinajstić information content (AvgIpc) is 2.93. The molecule has 37 heavy (non-hydrogen) atoms. The number of rotatable bonds is 8. The van der Waals surface area contributed by atoms with E-state index < -0.39 is 23.8 Å². The van der Waals surface area contributed by atoms with Crippen molar-refractivity contribution in [2.45, 2.75) is 12.5 Å². The fourth-order valence-electron chi connectivity index (χ4n) is 3.69. The van der Waals surface area contributed by atoms with Crippen LogP contribution in [0.5, 0.6) is 0 Å². The van der Waals surface area contributed by atoms with Crippen molar-refractivity contribution in [1.82, 2.24) is 15.8 Å². The van der Waals surface area contributed by atoms with E-state index in [2.05, 4.69) is 31.5 Å². The molecule has 0 aliphatic carbocycles. The molecule has 4 aromatic rings. The molecule has 4 N–H and O–H groups in total. The van der Waals surface area contributed by atoms with Gasteiger partial charge in [0.05, 0.1) is 5.56 Å². The van der Waals surface area contributed by atoms with Gasteiger partial charge in [-0.05, 0) is 63.0 Å². The van der Waals surface area contributed by atoms with E-state index in [-0.39, 0.29) is 12.0 Å². The summed E-state index contributed by atoms with van der Waals surface area (Å²) in [6.07, 6.45) is 3.24. The Morgan fingerprint density at radius 2 is 1.49 bits per heavy atom. The van der Waals surface area contributed by atoms with Crippen LogP contribution in [-0.4, -0.2) is 34.0 Å². The summed E-state index contributed by atoms with van der Waals surface area (Å²) in [4.78, 5) is 41.7. The quantitative estimate of drug-likeness (QED) is 0.186. The number of hydrogen-bond acceptors (Lipinski definition) is 5. The minimum atomic E-state index is -0.894. The van der Waals surface area contributed by atoms with E-state index in [9.17, 15) is 14.4 Å². The van der Waals surface area contributed by atoms with Crippen molar-refractivity contribution in [3.63, 3.8) is 0 Å². The van der Waals surface area contributed by atoms with Crippen LogP contribution in [0, 0.1) is 0 Å². The first-order valence-electron chi connectivity index (χ1n) is 11.3. The van der Waals surface area contributed by atoms with Gasteiger partial charge < -0.3 is 10.6 Å². The second-order valence-corrected chi connectivity index (χ2v) is 9.11. The van der Waals surface area contributed by atoms with Crippen molar-refractivity contribution in [3.05, 3.63) is 118 Å². The zero-order valence-electron chi connectivity index (χ0n) is 19.5. The maximum atomic E-state index is 13.2. The number of nitrogens with zero attached hydrogens (tertiary/aromatic N) is 1. The second-order valence-electron chi connectivity index (χ2n) is 8.19. The van der Waals surface area contributed by atoms with E-state index in [1.807, 2.05) is 54.6 Å². The van der Waals surface area contributed by atoms with Gasteiger partial charge in [-0.3, -0.25) is 24.6 Å². The predicted octanol–water partition coefficient (Wildman–Crippen LogP) is 4.61. The van der Waals surface area contributed by atoms with Gasteiger partial charge in [0.15, 0.2) is 0 Å². The van der Waals surface area contributed by atoms with Gasteiger partial charge >= 0.3 is 0 Å². The number of carbonyl (C=O) groups is 3. The Labute approximate surface area is 221 Å². The van der Waals surface area contributed by atoms with Crippen LogP contribution in [-0.2, 0) is 11.2 Å². The smallest absolute Gasteiger partial charge is 0.274 e. The highest BCUT2D eigenvalue weighted by molar-refractivity contribution is 9.10. The van der Waals surface area contributed by atoms with E-state index >= 15 is 0 Å². The first-order valence-corrected chi connectivity index (χ1v) is 12.1. The van der Waals surface area contributed by atoms with Gasteiger partial charge in [0.25, 0.3) is 11.8 Å². The number of benzene rings is 3. The molecule has 9 heteroatoms. The molecule has 0 bridgehead atoms. The molecule has 186 valence electrons. The van der Waals surface area contributed by atoms with E-state index in [0.29, 0.717) is 15.7 Å². The number of hydrogen-bond donors (Lipinski definition) is 4. The Kier molecular flexibility index (Phi) is 8.40. The molecule has 0 fully saturated rings. The number of halogens is 1. The van der Waals surface area contributed by atoms with Gasteiger partial charge in [0, 0.05) is 34.5 Å². The van der Waals surface area contributed by atoms with Crippen LogP contribution < -0.4 is 16.1 Å². The molecule has 0 saturated carbocycles. The fourth-order valence-corrected chi connectivity index (χ4v) is 4.05. The summed E-state index contributed by atoms with van der Waals surface area (Å²) in [5, 5.41) is 14.4. The topological polar surface area (TPSA) is 120 Å². The van der Waals surface area contributed by atoms with Crippen molar-refractivity contribution in [1.29, 1.82) is 0 Å². The third-order valence-electron chi connectivity index (χ3n) is 5.61. The molecule has 0 spiro atoms. The fraction of sp³-hybridized carbons (Fsp3) is 0.0714. The highest BCUT2D eigenvalue weighted by Gasteiger charge is 2.23. The molecule has 0 aliphatic rings. The van der Waals surface area contributed by atoms with Crippen LogP contribution in [0.25, 0.3) is 11.1 Å². The molecule has 3 aromatic carbocycles. The molecule has 0 aliphatic heterocycles. The Morgan fingerprint density at radius 3 is 2.14 bits per heavy atom. The molecule has 1 aromatic heterocycles. The molecule has 4 rings (SSSR count). The Bertz CT molecular complexity index is 1390. The molecule has 0 unspecified atom stereocenters. The molecule has 0 saturated heterocycles. The molecule has 3 amide bonds. The summed E-state index contributed by atoms with van der Waals surface area (Å²) in [7, 11) is 0. The number of nitrogens with one attached hydrogen (secondary N) is 3. The third-order valence-corrected chi connectivity index (χ3v) is 6.04. The number of pyridine rings is 1. The average molecular weight is 559 g/mol. The van der Waals surface area contributed by atoms with E-state index in [4.69, 9.17) is 5.21 Å². The predicted molar refractivity (Wildman–Crippen MR) is 143 cm³/mol. The second kappa shape index (κ2) is 12.1. The zero-order chi connectivity index (χ0) is 26.2.